The molecule has 4 nitrogen and oxygen atoms in total. The second-order valence-electron chi connectivity index (χ2n) is 7.19. The molecule has 0 aromatic heterocycles. The summed E-state index contributed by atoms with van der Waals surface area (Å²) in [5.74, 6) is -0.210. The van der Waals surface area contributed by atoms with E-state index in [4.69, 9.17) is 9.47 Å². The standard InChI is InChI=1S/C21H34O4/c1-7-14-15(8-2)17-13-16(14)20(9-3,18(22)24-11-5)21(17,10-4)19(23)25-12-6/h16-17H,7-13H2,1-6H3. The predicted molar refractivity (Wildman–Crippen MR) is 97.9 cm³/mol. The van der Waals surface area contributed by atoms with E-state index in [-0.39, 0.29) is 23.8 Å². The van der Waals surface area contributed by atoms with Crippen molar-refractivity contribution in [1.29, 1.82) is 0 Å². The van der Waals surface area contributed by atoms with E-state index in [0.29, 0.717) is 26.1 Å². The van der Waals surface area contributed by atoms with Gasteiger partial charge >= 0.3 is 11.9 Å². The van der Waals surface area contributed by atoms with Gasteiger partial charge in [-0.1, -0.05) is 38.8 Å². The SMILES string of the molecule is CCOC(=O)C1(CC)C2CC(C(CC)=C2CC)C1(CC)C(=O)OCC. The number of carbonyl (C=O) groups excluding carboxylic acids is 2. The van der Waals surface area contributed by atoms with Crippen LogP contribution in [0.1, 0.15) is 73.6 Å². The van der Waals surface area contributed by atoms with E-state index in [1.54, 1.807) is 0 Å². The van der Waals surface area contributed by atoms with E-state index in [0.717, 1.165) is 19.3 Å². The highest BCUT2D eigenvalue weighted by molar-refractivity contribution is 5.92. The van der Waals surface area contributed by atoms with Crippen LogP contribution < -0.4 is 0 Å². The molecule has 1 saturated carbocycles. The Labute approximate surface area is 152 Å². The molecule has 0 aliphatic heterocycles. The van der Waals surface area contributed by atoms with Gasteiger partial charge in [0.2, 0.25) is 0 Å². The molecule has 0 spiro atoms. The van der Waals surface area contributed by atoms with Crippen molar-refractivity contribution >= 4 is 11.9 Å². The Balaban J connectivity index is 2.74. The highest BCUT2D eigenvalue weighted by Crippen LogP contribution is 2.72. The highest BCUT2D eigenvalue weighted by atomic mass is 16.5. The molecule has 0 N–H and O–H groups in total. The first-order chi connectivity index (χ1) is 12.0. The molecule has 1 fully saturated rings. The molecular formula is C21H34O4. The second kappa shape index (κ2) is 7.51. The number of fused-ring (bicyclic) bond motifs is 2. The molecule has 0 radical (unpaired) electrons. The smallest absolute Gasteiger partial charge is 0.313 e. The van der Waals surface area contributed by atoms with Crippen LogP contribution in [0.25, 0.3) is 0 Å². The van der Waals surface area contributed by atoms with Crippen LogP contribution in [0, 0.1) is 22.7 Å². The zero-order valence-corrected chi connectivity index (χ0v) is 16.7. The largest absolute Gasteiger partial charge is 0.466 e. The molecule has 0 aromatic carbocycles. The Kier molecular flexibility index (Phi) is 6.01. The minimum absolute atomic E-state index is 0.103. The molecule has 25 heavy (non-hydrogen) atoms. The molecule has 0 amide bonds. The minimum Gasteiger partial charge on any atom is -0.466 e. The summed E-state index contributed by atoms with van der Waals surface area (Å²) in [4.78, 5) is 26.6. The average Bonchev–Trinajstić information content (AvgIpc) is 3.12. The van der Waals surface area contributed by atoms with Crippen LogP contribution in [0.15, 0.2) is 11.1 Å². The summed E-state index contributed by atoms with van der Waals surface area (Å²) >= 11 is 0. The second-order valence-corrected chi connectivity index (χ2v) is 7.19. The quantitative estimate of drug-likeness (QED) is 0.471. The van der Waals surface area contributed by atoms with Gasteiger partial charge in [0.25, 0.3) is 0 Å². The first kappa shape index (κ1) is 20.0. The van der Waals surface area contributed by atoms with Crippen molar-refractivity contribution in [3.05, 3.63) is 11.1 Å². The molecule has 0 saturated heterocycles. The third-order valence-electron chi connectivity index (χ3n) is 6.87. The van der Waals surface area contributed by atoms with Crippen LogP contribution in [-0.4, -0.2) is 25.2 Å². The van der Waals surface area contributed by atoms with Crippen LogP contribution in [-0.2, 0) is 19.1 Å². The number of hydrogen-bond donors (Lipinski definition) is 0. The van der Waals surface area contributed by atoms with Crippen molar-refractivity contribution in [2.45, 2.75) is 73.6 Å². The molecule has 2 aliphatic carbocycles. The molecule has 0 aromatic rings. The molecular weight excluding hydrogens is 316 g/mol. The van der Waals surface area contributed by atoms with Crippen molar-refractivity contribution < 1.29 is 19.1 Å². The lowest BCUT2D eigenvalue weighted by Gasteiger charge is -2.50. The third-order valence-corrected chi connectivity index (χ3v) is 6.87. The maximum absolute atomic E-state index is 13.3. The van der Waals surface area contributed by atoms with Crippen molar-refractivity contribution in [2.24, 2.45) is 22.7 Å². The molecule has 4 unspecified atom stereocenters. The van der Waals surface area contributed by atoms with Gasteiger partial charge in [-0.05, 0) is 57.8 Å². The highest BCUT2D eigenvalue weighted by Gasteiger charge is 2.75. The Morgan fingerprint density at radius 1 is 0.800 bits per heavy atom. The predicted octanol–water partition coefficient (Wildman–Crippen LogP) is 4.67. The Hall–Kier alpha value is -1.32. The summed E-state index contributed by atoms with van der Waals surface area (Å²) in [6, 6.07) is 0. The monoisotopic (exact) mass is 350 g/mol. The van der Waals surface area contributed by atoms with Crippen molar-refractivity contribution in [3.63, 3.8) is 0 Å². The fraction of sp³-hybridized carbons (Fsp3) is 0.810. The van der Waals surface area contributed by atoms with E-state index in [1.165, 1.54) is 11.1 Å². The van der Waals surface area contributed by atoms with Crippen LogP contribution in [0.4, 0.5) is 0 Å². The van der Waals surface area contributed by atoms with E-state index in [1.807, 2.05) is 27.7 Å². The number of rotatable bonds is 8. The van der Waals surface area contributed by atoms with Gasteiger partial charge in [-0.25, -0.2) is 0 Å². The van der Waals surface area contributed by atoms with E-state index in [2.05, 4.69) is 13.8 Å². The van der Waals surface area contributed by atoms with Crippen LogP contribution in [0.2, 0.25) is 0 Å². The molecule has 142 valence electrons. The topological polar surface area (TPSA) is 52.6 Å². The molecule has 2 aliphatic rings. The molecule has 4 atom stereocenters. The zero-order valence-electron chi connectivity index (χ0n) is 16.7. The first-order valence-corrected chi connectivity index (χ1v) is 10.0. The Bertz CT molecular complexity index is 516. The fourth-order valence-corrected chi connectivity index (χ4v) is 6.11. The fourth-order valence-electron chi connectivity index (χ4n) is 6.11. The van der Waals surface area contributed by atoms with Gasteiger partial charge in [0.1, 0.15) is 0 Å². The van der Waals surface area contributed by atoms with Crippen LogP contribution in [0.5, 0.6) is 0 Å². The Morgan fingerprint density at radius 3 is 1.40 bits per heavy atom. The van der Waals surface area contributed by atoms with Crippen LogP contribution >= 0.6 is 0 Å². The van der Waals surface area contributed by atoms with Gasteiger partial charge in [-0.3, -0.25) is 9.59 Å². The number of esters is 2. The van der Waals surface area contributed by atoms with Gasteiger partial charge in [-0.15, -0.1) is 0 Å². The van der Waals surface area contributed by atoms with Gasteiger partial charge in [0.05, 0.1) is 24.0 Å². The number of hydrogen-bond acceptors (Lipinski definition) is 4. The van der Waals surface area contributed by atoms with Gasteiger partial charge in [0.15, 0.2) is 0 Å². The average molecular weight is 350 g/mol. The van der Waals surface area contributed by atoms with Crippen molar-refractivity contribution in [3.8, 4) is 0 Å². The lowest BCUT2D eigenvalue weighted by atomic mass is 9.52. The number of allylic oxidation sites excluding steroid dienone is 2. The van der Waals surface area contributed by atoms with Gasteiger partial charge < -0.3 is 9.47 Å². The van der Waals surface area contributed by atoms with Crippen LogP contribution in [0.3, 0.4) is 0 Å². The lowest BCUT2D eigenvalue weighted by Crippen LogP contribution is -2.57. The number of carbonyl (C=O) groups is 2. The van der Waals surface area contributed by atoms with E-state index in [9.17, 15) is 9.59 Å². The van der Waals surface area contributed by atoms with E-state index >= 15 is 0 Å². The lowest BCUT2D eigenvalue weighted by molar-refractivity contribution is -0.185. The zero-order chi connectivity index (χ0) is 18.8. The molecule has 2 rings (SSSR count). The Morgan fingerprint density at radius 2 is 1.16 bits per heavy atom. The van der Waals surface area contributed by atoms with Crippen molar-refractivity contribution in [2.75, 3.05) is 13.2 Å². The summed E-state index contributed by atoms with van der Waals surface area (Å²) in [5, 5.41) is 0. The molecule has 2 bridgehead atoms. The molecule has 4 heteroatoms. The molecule has 0 heterocycles. The first-order valence-electron chi connectivity index (χ1n) is 10.0. The van der Waals surface area contributed by atoms with Crippen molar-refractivity contribution in [1.82, 2.24) is 0 Å². The maximum atomic E-state index is 13.3. The third kappa shape index (κ3) is 2.39. The summed E-state index contributed by atoms with van der Waals surface area (Å²) in [7, 11) is 0. The maximum Gasteiger partial charge on any atom is 0.313 e. The minimum atomic E-state index is -0.793. The summed E-state index contributed by atoms with van der Waals surface area (Å²) < 4.78 is 11.1. The van der Waals surface area contributed by atoms with Gasteiger partial charge in [0, 0.05) is 0 Å². The van der Waals surface area contributed by atoms with E-state index < -0.39 is 10.8 Å². The normalized spacial score (nSPS) is 33.7. The summed E-state index contributed by atoms with van der Waals surface area (Å²) in [6.45, 7) is 12.7. The van der Waals surface area contributed by atoms with Gasteiger partial charge in [-0.2, -0.15) is 0 Å². The summed E-state index contributed by atoms with van der Waals surface area (Å²) in [6.07, 6.45) is 3.98. The summed E-state index contributed by atoms with van der Waals surface area (Å²) in [5.41, 5.74) is 1.18. The number of ether oxygens (including phenoxy) is 2.